The third kappa shape index (κ3) is 5.06. The molecule has 0 fully saturated rings. The summed E-state index contributed by atoms with van der Waals surface area (Å²) in [5.41, 5.74) is 2.20. The summed E-state index contributed by atoms with van der Waals surface area (Å²) in [6.07, 6.45) is 1.60. The van der Waals surface area contributed by atoms with Crippen LogP contribution in [-0.4, -0.2) is 9.97 Å². The number of nitrogens with one attached hydrogen (secondary N) is 1. The van der Waals surface area contributed by atoms with Crippen LogP contribution in [0.1, 0.15) is 46.2 Å². The minimum absolute atomic E-state index is 0.208. The van der Waals surface area contributed by atoms with Crippen LogP contribution in [0, 0.1) is 0 Å². The van der Waals surface area contributed by atoms with Gasteiger partial charge in [-0.05, 0) is 24.6 Å². The van der Waals surface area contributed by atoms with Crippen molar-refractivity contribution in [3.63, 3.8) is 0 Å². The van der Waals surface area contributed by atoms with Crippen LogP contribution in [0.15, 0.2) is 60.9 Å². The molecule has 1 aromatic heterocycles. The molecular weight excluding hydrogens is 282 g/mol. The Labute approximate surface area is 139 Å². The Hall–Kier alpha value is -2.42. The zero-order valence-corrected chi connectivity index (χ0v) is 14.7. The van der Waals surface area contributed by atoms with Gasteiger partial charge < -0.3 is 5.32 Å². The van der Waals surface area contributed by atoms with Gasteiger partial charge in [-0.3, -0.25) is 0 Å². The number of rotatable bonds is 3. The van der Waals surface area contributed by atoms with Gasteiger partial charge in [-0.15, -0.1) is 0 Å². The Bertz CT molecular complexity index is 675. The van der Waals surface area contributed by atoms with Gasteiger partial charge in [-0.1, -0.05) is 70.2 Å². The molecule has 0 spiro atoms. The number of para-hydroxylation sites is 1. The van der Waals surface area contributed by atoms with E-state index in [0.717, 1.165) is 16.7 Å². The maximum atomic E-state index is 4.35. The van der Waals surface area contributed by atoms with Crippen molar-refractivity contribution in [3.05, 3.63) is 66.5 Å². The van der Waals surface area contributed by atoms with Gasteiger partial charge in [-0.25, -0.2) is 9.97 Å². The van der Waals surface area contributed by atoms with E-state index in [9.17, 15) is 0 Å². The SMILES string of the molecule is CC.CC.CC(Nc1ncnc2ccccc12)c1ccccc1. The van der Waals surface area contributed by atoms with Crippen LogP contribution in [0.4, 0.5) is 5.82 Å². The van der Waals surface area contributed by atoms with Crippen LogP contribution in [0.2, 0.25) is 0 Å². The van der Waals surface area contributed by atoms with E-state index in [-0.39, 0.29) is 6.04 Å². The lowest BCUT2D eigenvalue weighted by Crippen LogP contribution is -2.08. The van der Waals surface area contributed by atoms with Crippen LogP contribution >= 0.6 is 0 Å². The van der Waals surface area contributed by atoms with E-state index in [1.807, 2.05) is 70.2 Å². The molecule has 0 aliphatic carbocycles. The number of nitrogens with zero attached hydrogens (tertiary/aromatic N) is 2. The van der Waals surface area contributed by atoms with E-state index >= 15 is 0 Å². The molecule has 0 aliphatic heterocycles. The van der Waals surface area contributed by atoms with Crippen LogP contribution < -0.4 is 5.32 Å². The van der Waals surface area contributed by atoms with Crippen molar-refractivity contribution < 1.29 is 0 Å². The average Bonchev–Trinajstić information content (AvgIpc) is 2.66. The predicted octanol–water partition coefficient (Wildman–Crippen LogP) is 5.86. The van der Waals surface area contributed by atoms with Crippen molar-refractivity contribution in [2.45, 2.75) is 40.7 Å². The molecule has 0 bridgehead atoms. The second-order valence-corrected chi connectivity index (χ2v) is 4.52. The summed E-state index contributed by atoms with van der Waals surface area (Å²) in [6, 6.07) is 18.6. The van der Waals surface area contributed by atoms with Crippen molar-refractivity contribution in [2.24, 2.45) is 0 Å². The highest BCUT2D eigenvalue weighted by molar-refractivity contribution is 5.88. The predicted molar refractivity (Wildman–Crippen MR) is 101 cm³/mol. The fraction of sp³-hybridized carbons (Fsp3) is 0.300. The smallest absolute Gasteiger partial charge is 0.137 e. The van der Waals surface area contributed by atoms with Crippen molar-refractivity contribution in [1.29, 1.82) is 0 Å². The standard InChI is InChI=1S/C16H15N3.2C2H6/c1-12(13-7-3-2-4-8-13)19-16-14-9-5-6-10-15(14)17-11-18-16;2*1-2/h2-12H,1H3,(H,17,18,19);2*1-2H3. The lowest BCUT2D eigenvalue weighted by molar-refractivity contribution is 0.876. The number of fused-ring (bicyclic) bond motifs is 1. The molecule has 3 nitrogen and oxygen atoms in total. The van der Waals surface area contributed by atoms with E-state index in [2.05, 4.69) is 34.3 Å². The molecule has 3 aromatic rings. The Morgan fingerprint density at radius 3 is 2.09 bits per heavy atom. The van der Waals surface area contributed by atoms with Gasteiger partial charge in [0.1, 0.15) is 12.1 Å². The molecule has 1 unspecified atom stereocenters. The molecule has 2 aromatic carbocycles. The normalized spacial score (nSPS) is 10.7. The Kier molecular flexibility index (Phi) is 8.37. The quantitative estimate of drug-likeness (QED) is 0.659. The molecule has 0 saturated heterocycles. The lowest BCUT2D eigenvalue weighted by atomic mass is 10.1. The maximum absolute atomic E-state index is 4.35. The van der Waals surface area contributed by atoms with Gasteiger partial charge in [-0.2, -0.15) is 0 Å². The van der Waals surface area contributed by atoms with Crippen molar-refractivity contribution in [1.82, 2.24) is 9.97 Å². The first-order valence-corrected chi connectivity index (χ1v) is 8.36. The van der Waals surface area contributed by atoms with Crippen molar-refractivity contribution in [3.8, 4) is 0 Å². The number of aromatic nitrogens is 2. The summed E-state index contributed by atoms with van der Waals surface area (Å²) >= 11 is 0. The third-order valence-electron chi connectivity index (χ3n) is 3.20. The van der Waals surface area contributed by atoms with Crippen LogP contribution in [0.25, 0.3) is 10.9 Å². The molecule has 1 heterocycles. The number of hydrogen-bond acceptors (Lipinski definition) is 3. The van der Waals surface area contributed by atoms with Crippen LogP contribution in [-0.2, 0) is 0 Å². The first-order chi connectivity index (χ1) is 11.3. The first kappa shape index (κ1) is 18.6. The van der Waals surface area contributed by atoms with Gasteiger partial charge in [0, 0.05) is 11.4 Å². The zero-order valence-electron chi connectivity index (χ0n) is 14.7. The molecule has 1 atom stereocenters. The number of anilines is 1. The molecule has 0 saturated carbocycles. The van der Waals surface area contributed by atoms with Gasteiger partial charge >= 0.3 is 0 Å². The van der Waals surface area contributed by atoms with Gasteiger partial charge in [0.15, 0.2) is 0 Å². The molecule has 122 valence electrons. The topological polar surface area (TPSA) is 37.8 Å². The highest BCUT2D eigenvalue weighted by Crippen LogP contribution is 2.23. The molecule has 0 radical (unpaired) electrons. The molecule has 1 N–H and O–H groups in total. The van der Waals surface area contributed by atoms with E-state index in [1.54, 1.807) is 6.33 Å². The summed E-state index contributed by atoms with van der Waals surface area (Å²) in [5.74, 6) is 0.877. The second-order valence-electron chi connectivity index (χ2n) is 4.52. The summed E-state index contributed by atoms with van der Waals surface area (Å²) in [7, 11) is 0. The molecule has 3 heteroatoms. The summed E-state index contributed by atoms with van der Waals surface area (Å²) < 4.78 is 0. The Balaban J connectivity index is 0.000000615. The summed E-state index contributed by atoms with van der Waals surface area (Å²) in [6.45, 7) is 10.1. The van der Waals surface area contributed by atoms with Crippen molar-refractivity contribution in [2.75, 3.05) is 5.32 Å². The van der Waals surface area contributed by atoms with Crippen LogP contribution in [0.3, 0.4) is 0 Å². The van der Waals surface area contributed by atoms with Gasteiger partial charge in [0.05, 0.1) is 5.52 Å². The highest BCUT2D eigenvalue weighted by Gasteiger charge is 2.08. The van der Waals surface area contributed by atoms with E-state index in [1.165, 1.54) is 5.56 Å². The molecule has 0 aliphatic rings. The largest absolute Gasteiger partial charge is 0.363 e. The minimum Gasteiger partial charge on any atom is -0.363 e. The Morgan fingerprint density at radius 1 is 0.783 bits per heavy atom. The monoisotopic (exact) mass is 309 g/mol. The molecular formula is C20H27N3. The highest BCUT2D eigenvalue weighted by atomic mass is 15.0. The summed E-state index contributed by atoms with van der Waals surface area (Å²) in [5, 5.41) is 4.50. The third-order valence-corrected chi connectivity index (χ3v) is 3.20. The summed E-state index contributed by atoms with van der Waals surface area (Å²) in [4.78, 5) is 8.62. The number of hydrogen-bond donors (Lipinski definition) is 1. The maximum Gasteiger partial charge on any atom is 0.137 e. The van der Waals surface area contributed by atoms with Crippen molar-refractivity contribution >= 4 is 16.7 Å². The second kappa shape index (κ2) is 10.3. The fourth-order valence-electron chi connectivity index (χ4n) is 2.15. The zero-order chi connectivity index (χ0) is 17.1. The van der Waals surface area contributed by atoms with Gasteiger partial charge in [0.2, 0.25) is 0 Å². The van der Waals surface area contributed by atoms with Crippen LogP contribution in [0.5, 0.6) is 0 Å². The molecule has 23 heavy (non-hydrogen) atoms. The van der Waals surface area contributed by atoms with Gasteiger partial charge in [0.25, 0.3) is 0 Å². The molecule has 3 rings (SSSR count). The molecule has 0 amide bonds. The lowest BCUT2D eigenvalue weighted by Gasteiger charge is -2.16. The fourth-order valence-corrected chi connectivity index (χ4v) is 2.15. The van der Waals surface area contributed by atoms with E-state index < -0.39 is 0 Å². The first-order valence-electron chi connectivity index (χ1n) is 8.36. The van der Waals surface area contributed by atoms with E-state index in [4.69, 9.17) is 0 Å². The average molecular weight is 309 g/mol. The number of benzene rings is 2. The van der Waals surface area contributed by atoms with E-state index in [0.29, 0.717) is 0 Å². The Morgan fingerprint density at radius 2 is 1.39 bits per heavy atom. The minimum atomic E-state index is 0.208.